The van der Waals surface area contributed by atoms with E-state index in [2.05, 4.69) is 9.97 Å². The molecule has 1 N–H and O–H groups in total. The zero-order valence-electron chi connectivity index (χ0n) is 9.35. The first-order valence-corrected chi connectivity index (χ1v) is 5.35. The second-order valence-corrected chi connectivity index (χ2v) is 4.00. The van der Waals surface area contributed by atoms with Gasteiger partial charge in [0, 0.05) is 11.6 Å². The van der Waals surface area contributed by atoms with Crippen LogP contribution < -0.4 is 0 Å². The molecular formula is C13H6F4N2. The number of nitrogens with one attached hydrogen (secondary N) is 1. The highest BCUT2D eigenvalue weighted by Gasteiger charge is 2.12. The third kappa shape index (κ3) is 1.95. The van der Waals surface area contributed by atoms with Crippen molar-refractivity contribution >= 4 is 11.0 Å². The van der Waals surface area contributed by atoms with Gasteiger partial charge in [0.2, 0.25) is 0 Å². The summed E-state index contributed by atoms with van der Waals surface area (Å²) in [5.74, 6) is -3.45. The zero-order chi connectivity index (χ0) is 13.6. The molecule has 0 radical (unpaired) electrons. The number of aromatic nitrogens is 2. The predicted molar refractivity (Wildman–Crippen MR) is 61.4 cm³/mol. The molecule has 0 aliphatic carbocycles. The molecular weight excluding hydrogens is 260 g/mol. The van der Waals surface area contributed by atoms with Crippen LogP contribution in [0, 0.1) is 23.3 Å². The van der Waals surface area contributed by atoms with Crippen LogP contribution in [-0.2, 0) is 0 Å². The summed E-state index contributed by atoms with van der Waals surface area (Å²) in [4.78, 5) is 6.57. The molecule has 0 saturated carbocycles. The molecule has 3 aromatic rings. The number of benzene rings is 2. The van der Waals surface area contributed by atoms with Gasteiger partial charge in [0.25, 0.3) is 0 Å². The normalized spacial score (nSPS) is 11.2. The summed E-state index contributed by atoms with van der Waals surface area (Å²) < 4.78 is 52.4. The second-order valence-electron chi connectivity index (χ2n) is 4.00. The van der Waals surface area contributed by atoms with Crippen LogP contribution in [0.15, 0.2) is 30.3 Å². The average Bonchev–Trinajstić information content (AvgIpc) is 2.76. The van der Waals surface area contributed by atoms with E-state index in [1.54, 1.807) is 0 Å². The lowest BCUT2D eigenvalue weighted by atomic mass is 10.2. The van der Waals surface area contributed by atoms with Crippen molar-refractivity contribution in [3.63, 3.8) is 0 Å². The smallest absolute Gasteiger partial charge is 0.159 e. The van der Waals surface area contributed by atoms with Crippen molar-refractivity contribution in [2.45, 2.75) is 0 Å². The number of hydrogen-bond acceptors (Lipinski definition) is 1. The lowest BCUT2D eigenvalue weighted by Gasteiger charge is -1.97. The van der Waals surface area contributed by atoms with E-state index in [0.29, 0.717) is 6.07 Å². The Morgan fingerprint density at radius 3 is 2.37 bits per heavy atom. The van der Waals surface area contributed by atoms with Crippen molar-refractivity contribution < 1.29 is 17.6 Å². The molecule has 0 aliphatic heterocycles. The van der Waals surface area contributed by atoms with E-state index in [9.17, 15) is 17.6 Å². The number of rotatable bonds is 1. The molecule has 0 aliphatic rings. The Morgan fingerprint density at radius 1 is 0.842 bits per heavy atom. The van der Waals surface area contributed by atoms with Crippen LogP contribution in [0.3, 0.4) is 0 Å². The lowest BCUT2D eigenvalue weighted by molar-refractivity contribution is 0.509. The van der Waals surface area contributed by atoms with Crippen LogP contribution in [0.2, 0.25) is 0 Å². The molecule has 3 rings (SSSR count). The van der Waals surface area contributed by atoms with E-state index in [-0.39, 0.29) is 22.4 Å². The maximum atomic E-state index is 13.5. The number of aromatic amines is 1. The monoisotopic (exact) mass is 266 g/mol. The van der Waals surface area contributed by atoms with Crippen LogP contribution in [0.25, 0.3) is 22.4 Å². The molecule has 0 spiro atoms. The van der Waals surface area contributed by atoms with Gasteiger partial charge in [0.15, 0.2) is 17.5 Å². The number of hydrogen-bond donors (Lipinski definition) is 1. The molecule has 2 nitrogen and oxygen atoms in total. The van der Waals surface area contributed by atoms with E-state index < -0.39 is 23.3 Å². The fourth-order valence-electron chi connectivity index (χ4n) is 1.82. The maximum Gasteiger partial charge on any atom is 0.159 e. The fourth-order valence-corrected chi connectivity index (χ4v) is 1.82. The van der Waals surface area contributed by atoms with Crippen molar-refractivity contribution in [2.24, 2.45) is 0 Å². The first-order valence-electron chi connectivity index (χ1n) is 5.35. The van der Waals surface area contributed by atoms with Crippen LogP contribution in [0.5, 0.6) is 0 Å². The quantitative estimate of drug-likeness (QED) is 0.667. The van der Waals surface area contributed by atoms with Crippen molar-refractivity contribution in [3.8, 4) is 11.4 Å². The minimum Gasteiger partial charge on any atom is -0.338 e. The highest BCUT2D eigenvalue weighted by atomic mass is 19.2. The molecule has 0 fully saturated rings. The molecule has 0 bridgehead atoms. The Bertz CT molecular complexity index is 780. The van der Waals surface area contributed by atoms with Gasteiger partial charge in [0.05, 0.1) is 5.52 Å². The van der Waals surface area contributed by atoms with Crippen LogP contribution >= 0.6 is 0 Å². The molecule has 0 atom stereocenters. The van der Waals surface area contributed by atoms with Crippen LogP contribution in [0.1, 0.15) is 0 Å². The molecule has 6 heteroatoms. The highest BCUT2D eigenvalue weighted by Crippen LogP contribution is 2.24. The van der Waals surface area contributed by atoms with Crippen molar-refractivity contribution in [1.29, 1.82) is 0 Å². The molecule has 1 heterocycles. The van der Waals surface area contributed by atoms with Gasteiger partial charge in [-0.05, 0) is 24.3 Å². The number of halogens is 4. The SMILES string of the molecule is Fc1cc(F)c2nc(-c3ccc(F)c(F)c3)[nH]c2c1. The minimum atomic E-state index is -1.04. The third-order valence-corrected chi connectivity index (χ3v) is 2.70. The van der Waals surface area contributed by atoms with Gasteiger partial charge < -0.3 is 4.98 Å². The number of nitrogens with zero attached hydrogens (tertiary/aromatic N) is 1. The topological polar surface area (TPSA) is 28.7 Å². The van der Waals surface area contributed by atoms with Gasteiger partial charge in [-0.25, -0.2) is 22.5 Å². The number of H-pyrrole nitrogens is 1. The van der Waals surface area contributed by atoms with E-state index in [1.165, 1.54) is 6.07 Å². The maximum absolute atomic E-state index is 13.5. The molecule has 2 aromatic carbocycles. The Morgan fingerprint density at radius 2 is 1.63 bits per heavy atom. The summed E-state index contributed by atoms with van der Waals surface area (Å²) in [5, 5.41) is 0. The summed E-state index contributed by atoms with van der Waals surface area (Å²) in [6.45, 7) is 0. The van der Waals surface area contributed by atoms with Gasteiger partial charge in [0.1, 0.15) is 17.2 Å². The summed E-state index contributed by atoms with van der Waals surface area (Å²) >= 11 is 0. The minimum absolute atomic E-state index is 0.0545. The molecule has 19 heavy (non-hydrogen) atoms. The highest BCUT2D eigenvalue weighted by molar-refractivity contribution is 5.80. The van der Waals surface area contributed by atoms with Gasteiger partial charge in [-0.1, -0.05) is 0 Å². The first kappa shape index (κ1) is 11.7. The van der Waals surface area contributed by atoms with E-state index in [4.69, 9.17) is 0 Å². The Hall–Kier alpha value is -2.37. The molecule has 0 unspecified atom stereocenters. The van der Waals surface area contributed by atoms with Gasteiger partial charge >= 0.3 is 0 Å². The second kappa shape index (κ2) is 4.08. The standard InChI is InChI=1S/C13H6F4N2/c14-7-4-10(17)12-11(5-7)18-13(19-12)6-1-2-8(15)9(16)3-6/h1-5H,(H,18,19). The summed E-state index contributed by atoms with van der Waals surface area (Å²) in [6.07, 6.45) is 0. The lowest BCUT2D eigenvalue weighted by Crippen LogP contribution is -1.86. The van der Waals surface area contributed by atoms with E-state index in [0.717, 1.165) is 18.2 Å². The summed E-state index contributed by atoms with van der Waals surface area (Å²) in [5.41, 5.74) is 0.341. The average molecular weight is 266 g/mol. The van der Waals surface area contributed by atoms with Gasteiger partial charge in [-0.3, -0.25) is 0 Å². The van der Waals surface area contributed by atoms with E-state index in [1.807, 2.05) is 0 Å². The Labute approximate surface area is 104 Å². The first-order chi connectivity index (χ1) is 9.04. The van der Waals surface area contributed by atoms with E-state index >= 15 is 0 Å². The molecule has 96 valence electrons. The van der Waals surface area contributed by atoms with Gasteiger partial charge in [-0.2, -0.15) is 0 Å². The number of fused-ring (bicyclic) bond motifs is 1. The predicted octanol–water partition coefficient (Wildman–Crippen LogP) is 3.79. The van der Waals surface area contributed by atoms with Crippen molar-refractivity contribution in [1.82, 2.24) is 9.97 Å². The Balaban J connectivity index is 2.20. The third-order valence-electron chi connectivity index (χ3n) is 2.70. The van der Waals surface area contributed by atoms with Crippen molar-refractivity contribution in [2.75, 3.05) is 0 Å². The van der Waals surface area contributed by atoms with Crippen LogP contribution in [0.4, 0.5) is 17.6 Å². The fraction of sp³-hybridized carbons (Fsp3) is 0. The largest absolute Gasteiger partial charge is 0.338 e. The van der Waals surface area contributed by atoms with Gasteiger partial charge in [-0.15, -0.1) is 0 Å². The summed E-state index contributed by atoms with van der Waals surface area (Å²) in [7, 11) is 0. The van der Waals surface area contributed by atoms with Crippen LogP contribution in [-0.4, -0.2) is 9.97 Å². The number of imidazole rings is 1. The Kier molecular flexibility index (Phi) is 2.51. The molecule has 1 aromatic heterocycles. The summed E-state index contributed by atoms with van der Waals surface area (Å²) in [6, 6.07) is 4.95. The molecule has 0 amide bonds. The molecule has 0 saturated heterocycles. The zero-order valence-corrected chi connectivity index (χ0v) is 9.35. The van der Waals surface area contributed by atoms with Crippen molar-refractivity contribution in [3.05, 3.63) is 53.6 Å².